The van der Waals surface area contributed by atoms with Crippen LogP contribution in [-0.4, -0.2) is 24.3 Å². The minimum absolute atomic E-state index is 0.0661. The number of benzene rings is 2. The average molecular weight is 327 g/mol. The van der Waals surface area contributed by atoms with Gasteiger partial charge < -0.3 is 0 Å². The summed E-state index contributed by atoms with van der Waals surface area (Å²) in [6, 6.07) is 19.5. The average Bonchev–Trinajstić information content (AvgIpc) is 2.88. The van der Waals surface area contributed by atoms with E-state index in [9.17, 15) is 4.79 Å². The van der Waals surface area contributed by atoms with Crippen molar-refractivity contribution >= 4 is 26.7 Å². The van der Waals surface area contributed by atoms with E-state index < -0.39 is 0 Å². The van der Waals surface area contributed by atoms with Gasteiger partial charge in [0.1, 0.15) is 0 Å². The zero-order valence-corrected chi connectivity index (χ0v) is 12.4. The molecule has 0 amide bonds. The Morgan fingerprint density at radius 1 is 0.900 bits per heavy atom. The van der Waals surface area contributed by atoms with Crippen LogP contribution in [0.5, 0.6) is 0 Å². The first-order chi connectivity index (χ1) is 9.83. The number of hydrogen-bond acceptors (Lipinski definition) is 2. The van der Waals surface area contributed by atoms with E-state index in [2.05, 4.69) is 5.10 Å². The molecule has 1 heterocycles. The molecular weight excluding hydrogens is 315 g/mol. The van der Waals surface area contributed by atoms with Crippen molar-refractivity contribution in [2.45, 2.75) is 0 Å². The topological polar surface area (TPSA) is 34.9 Å². The third kappa shape index (κ3) is 2.87. The van der Waals surface area contributed by atoms with Crippen molar-refractivity contribution in [3.8, 4) is 5.69 Å². The summed E-state index contributed by atoms with van der Waals surface area (Å²) >= 11 is -0.249. The number of para-hydroxylation sites is 1. The van der Waals surface area contributed by atoms with Crippen LogP contribution >= 0.6 is 0 Å². The summed E-state index contributed by atoms with van der Waals surface area (Å²) in [4.78, 5) is 12.0. The second-order valence-electron chi connectivity index (χ2n) is 4.20. The molecule has 3 aromatic rings. The Morgan fingerprint density at radius 2 is 1.55 bits per heavy atom. The number of aromatic nitrogens is 2. The first-order valence-corrected chi connectivity index (χ1v) is 7.93. The molecule has 0 aliphatic rings. The predicted molar refractivity (Wildman–Crippen MR) is 82.1 cm³/mol. The van der Waals surface area contributed by atoms with Gasteiger partial charge in [-0.15, -0.1) is 0 Å². The van der Waals surface area contributed by atoms with Gasteiger partial charge in [0, 0.05) is 0 Å². The number of hydrogen-bond donors (Lipinski definition) is 0. The Morgan fingerprint density at radius 3 is 2.25 bits per heavy atom. The van der Waals surface area contributed by atoms with Gasteiger partial charge in [-0.3, -0.25) is 0 Å². The Hall–Kier alpha value is -2.16. The number of rotatable bonds is 3. The van der Waals surface area contributed by atoms with Crippen molar-refractivity contribution in [2.24, 2.45) is 0 Å². The molecule has 0 spiro atoms. The molecule has 0 radical (unpaired) electrons. The van der Waals surface area contributed by atoms with E-state index in [4.69, 9.17) is 0 Å². The van der Waals surface area contributed by atoms with Crippen LogP contribution in [0.2, 0.25) is 0 Å². The van der Waals surface area contributed by atoms with E-state index in [0.717, 1.165) is 15.8 Å². The van der Waals surface area contributed by atoms with E-state index >= 15 is 0 Å². The van der Waals surface area contributed by atoms with E-state index in [1.165, 1.54) is 4.68 Å². The molecule has 0 unspecified atom stereocenters. The van der Waals surface area contributed by atoms with Crippen LogP contribution in [0.25, 0.3) is 17.8 Å². The minimum atomic E-state index is -0.249. The summed E-state index contributed by atoms with van der Waals surface area (Å²) in [6.45, 7) is 0. The molecule has 98 valence electrons. The molecule has 2 aromatic carbocycles. The monoisotopic (exact) mass is 328 g/mol. The first-order valence-electron chi connectivity index (χ1n) is 6.22. The van der Waals surface area contributed by atoms with Gasteiger partial charge in [0.25, 0.3) is 0 Å². The second kappa shape index (κ2) is 5.86. The van der Waals surface area contributed by atoms with E-state index in [-0.39, 0.29) is 18.9 Å². The van der Waals surface area contributed by atoms with Gasteiger partial charge in [0.05, 0.1) is 0 Å². The van der Waals surface area contributed by atoms with Gasteiger partial charge in [0.15, 0.2) is 0 Å². The van der Waals surface area contributed by atoms with Gasteiger partial charge in [0.2, 0.25) is 0 Å². The van der Waals surface area contributed by atoms with Crippen LogP contribution in [0, 0.1) is 0 Å². The van der Waals surface area contributed by atoms with Crippen molar-refractivity contribution in [1.29, 1.82) is 0 Å². The van der Waals surface area contributed by atoms with Crippen LogP contribution in [0.1, 0.15) is 10.1 Å². The molecule has 3 rings (SSSR count). The van der Waals surface area contributed by atoms with E-state index in [1.807, 2.05) is 72.8 Å². The number of nitrogens with zero attached hydrogens (tertiary/aromatic N) is 2. The maximum absolute atomic E-state index is 12.0. The maximum atomic E-state index is 12.0. The van der Waals surface area contributed by atoms with Gasteiger partial charge >= 0.3 is 122 Å². The Bertz CT molecular complexity index is 773. The normalized spacial score (nSPS) is 11.0. The summed E-state index contributed by atoms with van der Waals surface area (Å²) in [5, 5.41) is 4.40. The molecule has 0 aliphatic heterocycles. The zero-order chi connectivity index (χ0) is 13.8. The molecule has 4 heteroatoms. The fourth-order valence-electron chi connectivity index (χ4n) is 1.82. The Kier molecular flexibility index (Phi) is 3.77. The molecule has 0 N–H and O–H groups in total. The molecule has 3 nitrogen and oxygen atoms in total. The van der Waals surface area contributed by atoms with Gasteiger partial charge in [-0.05, 0) is 0 Å². The standard InChI is InChI=1S/C16H12N2OSe/c19-16-18(14-9-5-2-6-10-14)17-15(20-16)12-11-13-7-3-1-4-8-13/h1-12H/b12-11+. The van der Waals surface area contributed by atoms with Gasteiger partial charge in [-0.2, -0.15) is 0 Å². The Balaban J connectivity index is 1.90. The molecule has 0 saturated carbocycles. The van der Waals surface area contributed by atoms with Crippen molar-refractivity contribution in [3.63, 3.8) is 0 Å². The summed E-state index contributed by atoms with van der Waals surface area (Å²) in [5.41, 5.74) is 1.93. The SMILES string of the molecule is O=c1[se]c(/C=C/c2ccccc2)nn1-c1ccccc1. The van der Waals surface area contributed by atoms with Crippen LogP contribution < -0.4 is 4.43 Å². The third-order valence-corrected chi connectivity index (χ3v) is 4.41. The summed E-state index contributed by atoms with van der Waals surface area (Å²) < 4.78 is 2.40. The van der Waals surface area contributed by atoms with Crippen molar-refractivity contribution < 1.29 is 0 Å². The fraction of sp³-hybridized carbons (Fsp3) is 0. The molecule has 0 bridgehead atoms. The quantitative estimate of drug-likeness (QED) is 0.693. The third-order valence-electron chi connectivity index (χ3n) is 2.78. The summed E-state index contributed by atoms with van der Waals surface area (Å²) in [5.74, 6) is 0. The van der Waals surface area contributed by atoms with Crippen LogP contribution in [0.3, 0.4) is 0 Å². The molecule has 0 atom stereocenters. The molecule has 0 aliphatic carbocycles. The fourth-order valence-corrected chi connectivity index (χ4v) is 3.23. The predicted octanol–water partition coefficient (Wildman–Crippen LogP) is 2.46. The van der Waals surface area contributed by atoms with Gasteiger partial charge in [-0.25, -0.2) is 0 Å². The van der Waals surface area contributed by atoms with E-state index in [1.54, 1.807) is 0 Å². The summed E-state index contributed by atoms with van der Waals surface area (Å²) in [7, 11) is 0. The van der Waals surface area contributed by atoms with Crippen LogP contribution in [0.4, 0.5) is 0 Å². The summed E-state index contributed by atoms with van der Waals surface area (Å²) in [6.07, 6.45) is 3.92. The molecule has 0 fully saturated rings. The molecule has 0 saturated heterocycles. The van der Waals surface area contributed by atoms with Crippen molar-refractivity contribution in [2.75, 3.05) is 0 Å². The molecule has 1 aromatic heterocycles. The Labute approximate surface area is 122 Å². The second-order valence-corrected chi connectivity index (χ2v) is 6.24. The first kappa shape index (κ1) is 12.9. The van der Waals surface area contributed by atoms with Crippen molar-refractivity contribution in [3.05, 3.63) is 80.0 Å². The zero-order valence-electron chi connectivity index (χ0n) is 10.6. The van der Waals surface area contributed by atoms with Crippen LogP contribution in [0.15, 0.2) is 65.5 Å². The van der Waals surface area contributed by atoms with Crippen LogP contribution in [-0.2, 0) is 0 Å². The van der Waals surface area contributed by atoms with Crippen molar-refractivity contribution in [1.82, 2.24) is 9.78 Å². The van der Waals surface area contributed by atoms with E-state index in [0.29, 0.717) is 0 Å². The van der Waals surface area contributed by atoms with Gasteiger partial charge in [-0.1, -0.05) is 0 Å². The molecular formula is C16H12N2OSe. The molecule has 20 heavy (non-hydrogen) atoms.